The molecule has 1 aromatic carbocycles. The Hall–Kier alpha value is -3.99. The molecular formula is C26H28ClF2N5O4. The first-order valence-electron chi connectivity index (χ1n) is 11.8. The van der Waals surface area contributed by atoms with Crippen molar-refractivity contribution in [2.75, 3.05) is 12.0 Å². The molecule has 3 aromatic rings. The van der Waals surface area contributed by atoms with Crippen LogP contribution in [-0.4, -0.2) is 34.1 Å². The zero-order chi connectivity index (χ0) is 27.9. The van der Waals surface area contributed by atoms with Crippen molar-refractivity contribution in [2.24, 2.45) is 5.73 Å². The number of aromatic nitrogens is 2. The number of hydrogen-bond donors (Lipinski definition) is 3. The fourth-order valence-electron chi connectivity index (χ4n) is 3.58. The summed E-state index contributed by atoms with van der Waals surface area (Å²) in [5.74, 6) is -4.11. The first kappa shape index (κ1) is 28.6. The predicted octanol–water partition coefficient (Wildman–Crippen LogP) is 3.04. The third kappa shape index (κ3) is 7.28. The van der Waals surface area contributed by atoms with E-state index < -0.39 is 41.6 Å². The van der Waals surface area contributed by atoms with Crippen LogP contribution in [0.5, 0.6) is 5.75 Å². The number of alkyl halides is 2. The minimum Gasteiger partial charge on any atom is -0.480 e. The van der Waals surface area contributed by atoms with Crippen molar-refractivity contribution in [3.8, 4) is 5.75 Å². The van der Waals surface area contributed by atoms with Crippen molar-refractivity contribution >= 4 is 23.4 Å². The standard InChI is InChI=1S/C26H28ClF2N5O4/c1-3-20(24(30)36)38-21-8-7-18(27)12-17(21)14-32-23(35)13-19-16(2)9-11-34(25(19)37)33-15-26(28,29)22-6-4-5-10-31-22/h4-12,20,33H,3,13-15H2,1-2H3,(H2,30,36)(H,32,35). The lowest BCUT2D eigenvalue weighted by Crippen LogP contribution is -2.38. The van der Waals surface area contributed by atoms with Crippen LogP contribution >= 0.6 is 11.6 Å². The number of primary amides is 1. The fraction of sp³-hybridized carbons (Fsp3) is 0.308. The molecule has 0 aliphatic heterocycles. The number of carbonyl (C=O) groups excluding carboxylic acids is 2. The lowest BCUT2D eigenvalue weighted by atomic mass is 10.1. The van der Waals surface area contributed by atoms with Crippen LogP contribution in [-0.2, 0) is 28.5 Å². The average molecular weight is 548 g/mol. The number of nitrogens with two attached hydrogens (primary N) is 1. The van der Waals surface area contributed by atoms with Crippen LogP contribution in [0.3, 0.4) is 0 Å². The van der Waals surface area contributed by atoms with E-state index in [9.17, 15) is 23.2 Å². The molecule has 0 bridgehead atoms. The normalized spacial score (nSPS) is 12.0. The Labute approximate surface area is 222 Å². The lowest BCUT2D eigenvalue weighted by Gasteiger charge is -2.19. The number of carbonyl (C=O) groups is 2. The number of aryl methyl sites for hydroxylation is 1. The second kappa shape index (κ2) is 12.5. The van der Waals surface area contributed by atoms with E-state index >= 15 is 0 Å². The highest BCUT2D eigenvalue weighted by molar-refractivity contribution is 6.30. The van der Waals surface area contributed by atoms with Gasteiger partial charge in [-0.1, -0.05) is 24.6 Å². The Morgan fingerprint density at radius 3 is 2.66 bits per heavy atom. The van der Waals surface area contributed by atoms with Crippen LogP contribution in [0.1, 0.15) is 35.7 Å². The average Bonchev–Trinajstić information content (AvgIpc) is 2.89. The lowest BCUT2D eigenvalue weighted by molar-refractivity contribution is -0.125. The van der Waals surface area contributed by atoms with Gasteiger partial charge >= 0.3 is 5.92 Å². The summed E-state index contributed by atoms with van der Waals surface area (Å²) in [4.78, 5) is 40.9. The van der Waals surface area contributed by atoms with E-state index in [0.29, 0.717) is 28.3 Å². The number of pyridine rings is 2. The molecule has 38 heavy (non-hydrogen) atoms. The summed E-state index contributed by atoms with van der Waals surface area (Å²) in [7, 11) is 0. The van der Waals surface area contributed by atoms with Crippen LogP contribution in [0.2, 0.25) is 5.02 Å². The maximum absolute atomic E-state index is 14.5. The van der Waals surface area contributed by atoms with Gasteiger partial charge in [0.05, 0.1) is 6.42 Å². The summed E-state index contributed by atoms with van der Waals surface area (Å²) in [6.07, 6.45) is 1.79. The number of nitrogens with zero attached hydrogens (tertiary/aromatic N) is 2. The van der Waals surface area contributed by atoms with Gasteiger partial charge in [0, 0.05) is 35.1 Å². The Bertz CT molecular complexity index is 1350. The summed E-state index contributed by atoms with van der Waals surface area (Å²) in [6.45, 7) is 2.52. The molecule has 0 radical (unpaired) electrons. The van der Waals surface area contributed by atoms with Crippen LogP contribution in [0.15, 0.2) is 59.7 Å². The minimum absolute atomic E-state index is 0.00145. The molecule has 0 aliphatic carbocycles. The number of hydrogen-bond acceptors (Lipinski definition) is 6. The van der Waals surface area contributed by atoms with E-state index in [-0.39, 0.29) is 18.5 Å². The van der Waals surface area contributed by atoms with Gasteiger partial charge in [0.1, 0.15) is 18.0 Å². The third-order valence-corrected chi connectivity index (χ3v) is 5.97. The Balaban J connectivity index is 1.69. The summed E-state index contributed by atoms with van der Waals surface area (Å²) >= 11 is 6.09. The first-order valence-corrected chi connectivity index (χ1v) is 12.1. The van der Waals surface area contributed by atoms with Crippen molar-refractivity contribution in [3.05, 3.63) is 92.6 Å². The number of rotatable bonds is 12. The highest BCUT2D eigenvalue weighted by atomic mass is 35.5. The van der Waals surface area contributed by atoms with Crippen LogP contribution < -0.4 is 26.8 Å². The van der Waals surface area contributed by atoms with Crippen molar-refractivity contribution in [1.82, 2.24) is 15.0 Å². The quantitative estimate of drug-likeness (QED) is 0.320. The molecule has 0 saturated heterocycles. The van der Waals surface area contributed by atoms with Gasteiger partial charge in [-0.25, -0.2) is 4.68 Å². The zero-order valence-electron chi connectivity index (χ0n) is 20.8. The monoisotopic (exact) mass is 547 g/mol. The number of amides is 2. The van der Waals surface area contributed by atoms with Gasteiger partial charge in [0.2, 0.25) is 5.91 Å². The van der Waals surface area contributed by atoms with Crippen molar-refractivity contribution < 1.29 is 23.1 Å². The summed E-state index contributed by atoms with van der Waals surface area (Å²) in [5, 5.41) is 3.09. The predicted molar refractivity (Wildman–Crippen MR) is 139 cm³/mol. The molecule has 9 nitrogen and oxygen atoms in total. The van der Waals surface area contributed by atoms with Gasteiger partial charge in [-0.2, -0.15) is 8.78 Å². The van der Waals surface area contributed by atoms with Crippen molar-refractivity contribution in [1.29, 1.82) is 0 Å². The summed E-state index contributed by atoms with van der Waals surface area (Å²) in [5.41, 5.74) is 7.88. The van der Waals surface area contributed by atoms with Gasteiger partial charge < -0.3 is 21.2 Å². The second-order valence-corrected chi connectivity index (χ2v) is 8.97. The van der Waals surface area contributed by atoms with Crippen molar-refractivity contribution in [2.45, 2.75) is 45.3 Å². The zero-order valence-corrected chi connectivity index (χ0v) is 21.6. The SMILES string of the molecule is CCC(Oc1ccc(Cl)cc1CNC(=O)Cc1c(C)ccn(NCC(F)(F)c2ccccn2)c1=O)C(N)=O. The first-order chi connectivity index (χ1) is 18.0. The van der Waals surface area contributed by atoms with E-state index in [2.05, 4.69) is 15.7 Å². The van der Waals surface area contributed by atoms with E-state index in [4.69, 9.17) is 22.1 Å². The van der Waals surface area contributed by atoms with Gasteiger partial charge in [-0.15, -0.1) is 0 Å². The number of halogens is 3. The highest BCUT2D eigenvalue weighted by Crippen LogP contribution is 2.26. The van der Waals surface area contributed by atoms with Crippen LogP contribution in [0, 0.1) is 6.92 Å². The molecular weight excluding hydrogens is 520 g/mol. The molecule has 0 aliphatic rings. The molecule has 202 valence electrons. The third-order valence-electron chi connectivity index (χ3n) is 5.73. The summed E-state index contributed by atoms with van der Waals surface area (Å²) in [6, 6.07) is 10.5. The number of ether oxygens (including phenoxy) is 1. The minimum atomic E-state index is -3.33. The van der Waals surface area contributed by atoms with E-state index in [1.165, 1.54) is 30.6 Å². The van der Waals surface area contributed by atoms with Crippen LogP contribution in [0.4, 0.5) is 8.78 Å². The molecule has 12 heteroatoms. The van der Waals surface area contributed by atoms with Gasteiger partial charge in [0.25, 0.3) is 11.5 Å². The topological polar surface area (TPSA) is 128 Å². The fourth-order valence-corrected chi connectivity index (χ4v) is 3.77. The van der Waals surface area contributed by atoms with Crippen LogP contribution in [0.25, 0.3) is 0 Å². The molecule has 0 fully saturated rings. The molecule has 2 amide bonds. The second-order valence-electron chi connectivity index (χ2n) is 8.53. The molecule has 1 unspecified atom stereocenters. The van der Waals surface area contributed by atoms with E-state index in [0.717, 1.165) is 4.68 Å². The number of benzene rings is 1. The maximum atomic E-state index is 14.5. The molecule has 0 saturated carbocycles. The largest absolute Gasteiger partial charge is 0.480 e. The Morgan fingerprint density at radius 1 is 1.24 bits per heavy atom. The van der Waals surface area contributed by atoms with E-state index in [1.807, 2.05) is 0 Å². The highest BCUT2D eigenvalue weighted by Gasteiger charge is 2.33. The Kier molecular flexibility index (Phi) is 9.40. The molecule has 4 N–H and O–H groups in total. The Morgan fingerprint density at radius 2 is 2.00 bits per heavy atom. The maximum Gasteiger partial charge on any atom is 0.308 e. The van der Waals surface area contributed by atoms with Crippen molar-refractivity contribution in [3.63, 3.8) is 0 Å². The molecule has 3 rings (SSSR count). The summed E-state index contributed by atoms with van der Waals surface area (Å²) < 4.78 is 35.6. The van der Waals surface area contributed by atoms with Gasteiger partial charge in [-0.3, -0.25) is 19.4 Å². The molecule has 2 aromatic heterocycles. The van der Waals surface area contributed by atoms with E-state index in [1.54, 1.807) is 38.1 Å². The van der Waals surface area contributed by atoms with Gasteiger partial charge in [-0.05, 0) is 55.3 Å². The van der Waals surface area contributed by atoms with Gasteiger partial charge in [0.15, 0.2) is 6.10 Å². The molecule has 1 atom stereocenters. The smallest absolute Gasteiger partial charge is 0.308 e. The molecule has 0 spiro atoms. The molecule has 2 heterocycles. The number of nitrogens with one attached hydrogen (secondary N) is 2.